The number of aliphatic hydroxyl groups is 2. The fourth-order valence-corrected chi connectivity index (χ4v) is 3.92. The normalized spacial score (nSPS) is 14.4. The first-order valence-corrected chi connectivity index (χ1v) is 13.8. The van der Waals surface area contributed by atoms with Crippen molar-refractivity contribution in [3.63, 3.8) is 0 Å². The number of carboxylic acids is 1. The average molecular weight is 609 g/mol. The summed E-state index contributed by atoms with van der Waals surface area (Å²) < 4.78 is 0. The number of carbonyl (C=O) groups excluding carboxylic acids is 4. The van der Waals surface area contributed by atoms with Gasteiger partial charge in [0.2, 0.25) is 23.6 Å². The van der Waals surface area contributed by atoms with E-state index in [-0.39, 0.29) is 44.1 Å². The molecule has 5 atom stereocenters. The number of benzene rings is 1. The molecule has 0 radical (unpaired) electrons. The molecule has 0 saturated heterocycles. The van der Waals surface area contributed by atoms with Gasteiger partial charge in [-0.05, 0) is 30.7 Å². The first-order valence-electron chi connectivity index (χ1n) is 13.8. The number of carboxylic acid groups (broad SMARTS) is 1. The van der Waals surface area contributed by atoms with Crippen molar-refractivity contribution in [3.05, 3.63) is 35.9 Å². The largest absolute Gasteiger partial charge is 0.480 e. The van der Waals surface area contributed by atoms with Crippen molar-refractivity contribution in [2.24, 2.45) is 17.4 Å². The predicted molar refractivity (Wildman–Crippen MR) is 156 cm³/mol. The van der Waals surface area contributed by atoms with E-state index in [1.54, 1.807) is 44.2 Å². The number of rotatable bonds is 19. The lowest BCUT2D eigenvalue weighted by atomic mass is 10.0. The Kier molecular flexibility index (Phi) is 16.2. The summed E-state index contributed by atoms with van der Waals surface area (Å²) in [6.45, 7) is 2.31. The Morgan fingerprint density at radius 1 is 0.814 bits per heavy atom. The summed E-state index contributed by atoms with van der Waals surface area (Å²) in [6, 6.07) is 2.20. The van der Waals surface area contributed by atoms with Gasteiger partial charge in [0.1, 0.15) is 30.2 Å². The van der Waals surface area contributed by atoms with E-state index in [4.69, 9.17) is 22.0 Å². The van der Waals surface area contributed by atoms with Crippen molar-refractivity contribution in [2.45, 2.75) is 69.7 Å². The Morgan fingerprint density at radius 2 is 1.35 bits per heavy atom. The molecule has 0 bridgehead atoms. The van der Waals surface area contributed by atoms with Gasteiger partial charge in [-0.25, -0.2) is 4.79 Å². The van der Waals surface area contributed by atoms with Crippen LogP contribution in [-0.2, 0) is 30.4 Å². The van der Waals surface area contributed by atoms with Crippen molar-refractivity contribution < 1.29 is 39.3 Å². The predicted octanol–water partition coefficient (Wildman–Crippen LogP) is -3.13. The maximum Gasteiger partial charge on any atom is 0.326 e. The lowest BCUT2D eigenvalue weighted by molar-refractivity contribution is -0.142. The minimum absolute atomic E-state index is 0.00730. The maximum absolute atomic E-state index is 13.4. The quantitative estimate of drug-likeness (QED) is 0.0424. The molecule has 4 amide bonds. The molecule has 0 saturated carbocycles. The van der Waals surface area contributed by atoms with E-state index in [1.165, 1.54) is 0 Å². The number of aliphatic carboxylic acids is 1. The molecule has 16 nitrogen and oxygen atoms in total. The number of aliphatic hydroxyl groups excluding tert-OH is 2. The van der Waals surface area contributed by atoms with Crippen molar-refractivity contribution in [3.8, 4) is 0 Å². The summed E-state index contributed by atoms with van der Waals surface area (Å²) in [6.07, 6.45) is 0.433. The molecule has 0 aromatic heterocycles. The number of guanidine groups is 1. The highest BCUT2D eigenvalue weighted by Crippen LogP contribution is 2.09. The zero-order chi connectivity index (χ0) is 32.5. The van der Waals surface area contributed by atoms with Gasteiger partial charge in [-0.2, -0.15) is 0 Å². The summed E-state index contributed by atoms with van der Waals surface area (Å²) in [4.78, 5) is 63.5. The molecule has 0 unspecified atom stereocenters. The summed E-state index contributed by atoms with van der Waals surface area (Å²) >= 11 is 0. The summed E-state index contributed by atoms with van der Waals surface area (Å²) in [5.74, 6) is -4.96. The van der Waals surface area contributed by atoms with Crippen molar-refractivity contribution in [2.75, 3.05) is 19.8 Å². The molecular weight excluding hydrogens is 564 g/mol. The molecule has 0 heterocycles. The average Bonchev–Trinajstić information content (AvgIpc) is 2.95. The van der Waals surface area contributed by atoms with E-state index < -0.39 is 73.0 Å². The third-order valence-electron chi connectivity index (χ3n) is 6.20. The second-order valence-corrected chi connectivity index (χ2v) is 10.4. The number of hydrogen-bond acceptors (Lipinski definition) is 9. The van der Waals surface area contributed by atoms with Crippen LogP contribution < -0.4 is 38.1 Å². The Hall–Kier alpha value is -4.28. The smallest absolute Gasteiger partial charge is 0.326 e. The van der Waals surface area contributed by atoms with E-state index in [1.807, 2.05) is 0 Å². The van der Waals surface area contributed by atoms with Crippen LogP contribution in [0.2, 0.25) is 0 Å². The highest BCUT2D eigenvalue weighted by atomic mass is 16.4. The van der Waals surface area contributed by atoms with Crippen LogP contribution in [0.15, 0.2) is 30.3 Å². The van der Waals surface area contributed by atoms with Gasteiger partial charge in [-0.15, -0.1) is 0 Å². The third kappa shape index (κ3) is 14.0. The minimum atomic E-state index is -1.47. The van der Waals surface area contributed by atoms with E-state index in [0.717, 1.165) is 0 Å². The molecule has 0 aliphatic rings. The Labute approximate surface area is 249 Å². The zero-order valence-electron chi connectivity index (χ0n) is 24.3. The van der Waals surface area contributed by atoms with Crippen LogP contribution >= 0.6 is 0 Å². The molecule has 240 valence electrons. The molecule has 16 heteroatoms. The molecule has 1 aromatic rings. The Balaban J connectivity index is 3.13. The van der Waals surface area contributed by atoms with Crippen LogP contribution in [0.4, 0.5) is 0 Å². The third-order valence-corrected chi connectivity index (χ3v) is 6.20. The lowest BCUT2D eigenvalue weighted by Gasteiger charge is -2.27. The van der Waals surface area contributed by atoms with Gasteiger partial charge in [0.05, 0.1) is 13.2 Å². The van der Waals surface area contributed by atoms with Gasteiger partial charge >= 0.3 is 5.97 Å². The van der Waals surface area contributed by atoms with Crippen molar-refractivity contribution in [1.29, 1.82) is 5.41 Å². The standard InChI is InChI=1S/C27H44N8O8/c1-15(2)11-19(33-25(41)21(14-37)35-22(38)17(28)13-36)23(39)34-20(12-16-7-4-3-5-8-16)24(40)32-18(26(42)43)9-6-10-31-27(29)30/h3-5,7-8,15,17-21,36-37H,6,9-14,28H2,1-2H3,(H,32,40)(H,33,41)(H,34,39)(H,35,38)(H,42,43)(H4,29,30,31)/t17-,18-,19-,20-,21-/m0/s1. The molecule has 0 spiro atoms. The van der Waals surface area contributed by atoms with E-state index in [2.05, 4.69) is 26.6 Å². The van der Waals surface area contributed by atoms with Crippen molar-refractivity contribution in [1.82, 2.24) is 26.6 Å². The molecule has 13 N–H and O–H groups in total. The fourth-order valence-electron chi connectivity index (χ4n) is 3.92. The second-order valence-electron chi connectivity index (χ2n) is 10.4. The van der Waals surface area contributed by atoms with E-state index in [9.17, 15) is 34.2 Å². The van der Waals surface area contributed by atoms with Gasteiger partial charge < -0.3 is 53.4 Å². The van der Waals surface area contributed by atoms with E-state index >= 15 is 0 Å². The number of amides is 4. The van der Waals surface area contributed by atoms with Gasteiger partial charge in [-0.3, -0.25) is 24.6 Å². The Morgan fingerprint density at radius 3 is 1.88 bits per heavy atom. The summed E-state index contributed by atoms with van der Waals surface area (Å²) in [5.41, 5.74) is 11.4. The van der Waals surface area contributed by atoms with Gasteiger partial charge in [-0.1, -0.05) is 44.2 Å². The summed E-state index contributed by atoms with van der Waals surface area (Å²) in [7, 11) is 0. The minimum Gasteiger partial charge on any atom is -0.480 e. The maximum atomic E-state index is 13.4. The molecular formula is C27H44N8O8. The monoisotopic (exact) mass is 608 g/mol. The number of carbonyl (C=O) groups is 5. The highest BCUT2D eigenvalue weighted by molar-refractivity contribution is 5.95. The molecule has 43 heavy (non-hydrogen) atoms. The van der Waals surface area contributed by atoms with Crippen LogP contribution in [0.25, 0.3) is 0 Å². The second kappa shape index (κ2) is 19.0. The molecule has 0 fully saturated rings. The van der Waals surface area contributed by atoms with Crippen LogP contribution in [0, 0.1) is 11.3 Å². The van der Waals surface area contributed by atoms with Crippen molar-refractivity contribution >= 4 is 35.6 Å². The molecule has 0 aliphatic carbocycles. The van der Waals surface area contributed by atoms with Crippen LogP contribution in [0.1, 0.15) is 38.7 Å². The van der Waals surface area contributed by atoms with Crippen LogP contribution in [-0.4, -0.2) is 101 Å². The number of nitrogens with one attached hydrogen (secondary N) is 6. The molecule has 1 rings (SSSR count). The first-order chi connectivity index (χ1) is 20.3. The van der Waals surface area contributed by atoms with E-state index in [0.29, 0.717) is 5.56 Å². The van der Waals surface area contributed by atoms with Crippen LogP contribution in [0.3, 0.4) is 0 Å². The van der Waals surface area contributed by atoms with Gasteiger partial charge in [0.15, 0.2) is 5.96 Å². The fraction of sp³-hybridized carbons (Fsp3) is 0.556. The number of hydrogen-bond donors (Lipinski definition) is 11. The SMILES string of the molecule is CC(C)C[C@H](NC(=O)[C@H](CO)NC(=O)[C@@H](N)CO)C(=O)N[C@@H](Cc1ccccc1)C(=O)N[C@@H](CCCNC(=N)N)C(=O)O. The highest BCUT2D eigenvalue weighted by Gasteiger charge is 2.32. The molecule has 1 aromatic carbocycles. The lowest BCUT2D eigenvalue weighted by Crippen LogP contribution is -2.59. The topological polar surface area (TPSA) is 282 Å². The van der Waals surface area contributed by atoms with Gasteiger partial charge in [0.25, 0.3) is 0 Å². The molecule has 0 aliphatic heterocycles. The Bertz CT molecular complexity index is 1090. The van der Waals surface area contributed by atoms with Gasteiger partial charge in [0, 0.05) is 13.0 Å². The summed E-state index contributed by atoms with van der Waals surface area (Å²) in [5, 5.41) is 47.8. The first kappa shape index (κ1) is 36.7. The zero-order valence-corrected chi connectivity index (χ0v) is 24.3. The van der Waals surface area contributed by atoms with Crippen LogP contribution in [0.5, 0.6) is 0 Å². The number of nitrogens with two attached hydrogens (primary N) is 2.